The van der Waals surface area contributed by atoms with Crippen LogP contribution in [0.15, 0.2) is 84.9 Å². The van der Waals surface area contributed by atoms with Gasteiger partial charge in [-0.1, -0.05) is 54.6 Å². The molecule has 0 saturated heterocycles. The smallest absolute Gasteiger partial charge is 0.254 e. The van der Waals surface area contributed by atoms with E-state index in [4.69, 9.17) is 15.2 Å². The quantitative estimate of drug-likeness (QED) is 0.651. The summed E-state index contributed by atoms with van der Waals surface area (Å²) < 4.78 is 10.3. The van der Waals surface area contributed by atoms with Crippen LogP contribution in [0.5, 0.6) is 11.5 Å². The van der Waals surface area contributed by atoms with Crippen LogP contribution in [0.4, 0.5) is 0 Å². The Morgan fingerprint density at radius 2 is 1.33 bits per heavy atom. The average Bonchev–Trinajstić information content (AvgIpc) is 2.79. The Hall–Kier alpha value is -3.80. The molecule has 30 heavy (non-hydrogen) atoms. The van der Waals surface area contributed by atoms with Gasteiger partial charge in [0.1, 0.15) is 11.5 Å². The molecule has 0 bridgehead atoms. The minimum Gasteiger partial charge on any atom is -0.497 e. The van der Waals surface area contributed by atoms with Gasteiger partial charge in [0.05, 0.1) is 20.8 Å². The van der Waals surface area contributed by atoms with Crippen LogP contribution < -0.4 is 15.2 Å². The number of methoxy groups -OCH3 is 2. The number of hydrogen-bond acceptors (Lipinski definition) is 4. The zero-order valence-electron chi connectivity index (χ0n) is 17.2. The Balaban J connectivity index is 0.000000456. The molecular formula is C24H26N2O4. The highest BCUT2D eigenvalue weighted by atomic mass is 16.5. The Bertz CT molecular complexity index is 918. The Labute approximate surface area is 176 Å². The maximum absolute atomic E-state index is 12.7. The van der Waals surface area contributed by atoms with Gasteiger partial charge in [-0.15, -0.1) is 0 Å². The molecule has 0 atom stereocenters. The van der Waals surface area contributed by atoms with E-state index in [1.807, 2.05) is 60.7 Å². The monoisotopic (exact) mass is 406 g/mol. The van der Waals surface area contributed by atoms with Crippen molar-refractivity contribution >= 4 is 11.8 Å². The third kappa shape index (κ3) is 7.31. The molecule has 0 aliphatic carbocycles. The van der Waals surface area contributed by atoms with Gasteiger partial charge in [0.15, 0.2) is 0 Å². The third-order valence-corrected chi connectivity index (χ3v) is 4.12. The zero-order chi connectivity index (χ0) is 21.8. The number of carbonyl (C=O) groups is 2. The van der Waals surface area contributed by atoms with Crippen molar-refractivity contribution in [2.45, 2.75) is 6.54 Å². The summed E-state index contributed by atoms with van der Waals surface area (Å²) >= 11 is 0. The molecule has 0 unspecified atom stereocenters. The van der Waals surface area contributed by atoms with Gasteiger partial charge in [-0.2, -0.15) is 0 Å². The minimum atomic E-state index is -0.575. The van der Waals surface area contributed by atoms with Gasteiger partial charge in [-0.05, 0) is 35.9 Å². The largest absolute Gasteiger partial charge is 0.497 e. The highest BCUT2D eigenvalue weighted by molar-refractivity contribution is 5.96. The molecule has 0 heterocycles. The lowest BCUT2D eigenvalue weighted by atomic mass is 10.1. The summed E-state index contributed by atoms with van der Waals surface area (Å²) in [4.78, 5) is 25.5. The van der Waals surface area contributed by atoms with Crippen LogP contribution in [0.3, 0.4) is 0 Å². The standard InChI is InChI=1S/C18H20N2O4.C6H6/c1-23-15-7-3-5-13(9-15)11-20(12-17(19)21)18(22)14-6-4-8-16(10-14)24-2;1-2-4-6-5-3-1/h3-10H,11-12H2,1-2H3,(H2,19,21);1-6H. The molecule has 0 spiro atoms. The van der Waals surface area contributed by atoms with Crippen molar-refractivity contribution in [3.8, 4) is 11.5 Å². The summed E-state index contributed by atoms with van der Waals surface area (Å²) in [6.45, 7) is 0.0729. The lowest BCUT2D eigenvalue weighted by molar-refractivity contribution is -0.118. The topological polar surface area (TPSA) is 81.9 Å². The van der Waals surface area contributed by atoms with Crippen LogP contribution in [0, 0.1) is 0 Å². The summed E-state index contributed by atoms with van der Waals surface area (Å²) in [5.74, 6) is 0.381. The number of rotatable bonds is 7. The molecule has 6 nitrogen and oxygen atoms in total. The van der Waals surface area contributed by atoms with Gasteiger partial charge < -0.3 is 20.1 Å². The van der Waals surface area contributed by atoms with Crippen LogP contribution in [0.1, 0.15) is 15.9 Å². The van der Waals surface area contributed by atoms with Gasteiger partial charge in [-0.3, -0.25) is 9.59 Å². The molecule has 0 radical (unpaired) electrons. The Kier molecular flexibility index (Phi) is 8.93. The normalized spacial score (nSPS) is 9.67. The molecule has 3 aromatic rings. The van der Waals surface area contributed by atoms with Crippen LogP contribution in [0.25, 0.3) is 0 Å². The molecule has 3 rings (SSSR count). The fourth-order valence-electron chi connectivity index (χ4n) is 2.70. The van der Waals surface area contributed by atoms with Crippen molar-refractivity contribution in [2.24, 2.45) is 5.73 Å². The predicted molar refractivity (Wildman–Crippen MR) is 116 cm³/mol. The van der Waals surface area contributed by atoms with Gasteiger partial charge in [0.25, 0.3) is 5.91 Å². The molecule has 0 saturated carbocycles. The van der Waals surface area contributed by atoms with Crippen LogP contribution in [-0.2, 0) is 11.3 Å². The highest BCUT2D eigenvalue weighted by Crippen LogP contribution is 2.18. The number of carbonyl (C=O) groups excluding carboxylic acids is 2. The molecule has 0 aliphatic heterocycles. The van der Waals surface area contributed by atoms with E-state index in [0.29, 0.717) is 17.1 Å². The van der Waals surface area contributed by atoms with Crippen molar-refractivity contribution in [2.75, 3.05) is 20.8 Å². The van der Waals surface area contributed by atoms with E-state index in [-0.39, 0.29) is 19.0 Å². The summed E-state index contributed by atoms with van der Waals surface area (Å²) in [5.41, 5.74) is 6.56. The summed E-state index contributed by atoms with van der Waals surface area (Å²) in [6.07, 6.45) is 0. The highest BCUT2D eigenvalue weighted by Gasteiger charge is 2.19. The number of primary amides is 1. The first-order valence-corrected chi connectivity index (χ1v) is 9.38. The molecule has 3 aromatic carbocycles. The summed E-state index contributed by atoms with van der Waals surface area (Å²) in [7, 11) is 3.10. The van der Waals surface area contributed by atoms with E-state index in [2.05, 4.69) is 0 Å². The van der Waals surface area contributed by atoms with Crippen molar-refractivity contribution in [1.29, 1.82) is 0 Å². The van der Waals surface area contributed by atoms with Gasteiger partial charge in [0, 0.05) is 12.1 Å². The summed E-state index contributed by atoms with van der Waals surface area (Å²) in [5, 5.41) is 0. The first kappa shape index (κ1) is 22.5. The molecule has 2 N–H and O–H groups in total. The Morgan fingerprint density at radius 3 is 1.87 bits per heavy atom. The van der Waals surface area contributed by atoms with E-state index in [9.17, 15) is 9.59 Å². The maximum Gasteiger partial charge on any atom is 0.254 e. The number of nitrogens with zero attached hydrogens (tertiary/aromatic N) is 1. The number of ether oxygens (including phenoxy) is 2. The fraction of sp³-hybridized carbons (Fsp3) is 0.167. The van der Waals surface area contributed by atoms with E-state index >= 15 is 0 Å². The van der Waals surface area contributed by atoms with E-state index < -0.39 is 5.91 Å². The second kappa shape index (κ2) is 11.9. The maximum atomic E-state index is 12.7. The molecule has 0 aromatic heterocycles. The summed E-state index contributed by atoms with van der Waals surface area (Å²) in [6, 6.07) is 26.1. The number of hydrogen-bond donors (Lipinski definition) is 1. The average molecular weight is 406 g/mol. The van der Waals surface area contributed by atoms with Crippen molar-refractivity contribution in [3.63, 3.8) is 0 Å². The van der Waals surface area contributed by atoms with Crippen molar-refractivity contribution in [1.82, 2.24) is 4.90 Å². The van der Waals surface area contributed by atoms with E-state index in [0.717, 1.165) is 5.56 Å². The third-order valence-electron chi connectivity index (χ3n) is 4.12. The number of nitrogens with two attached hydrogens (primary N) is 1. The van der Waals surface area contributed by atoms with E-state index in [1.165, 1.54) is 12.0 Å². The second-order valence-corrected chi connectivity index (χ2v) is 6.37. The lowest BCUT2D eigenvalue weighted by Gasteiger charge is -2.22. The minimum absolute atomic E-state index is 0.173. The molecule has 0 aliphatic rings. The Morgan fingerprint density at radius 1 is 0.800 bits per heavy atom. The second-order valence-electron chi connectivity index (χ2n) is 6.37. The SMILES string of the molecule is COc1cccc(CN(CC(N)=O)C(=O)c2cccc(OC)c2)c1.c1ccccc1. The van der Waals surface area contributed by atoms with E-state index in [1.54, 1.807) is 31.4 Å². The first-order chi connectivity index (χ1) is 14.5. The predicted octanol–water partition coefficient (Wildman–Crippen LogP) is 3.52. The molecule has 156 valence electrons. The van der Waals surface area contributed by atoms with Gasteiger partial charge in [0.2, 0.25) is 5.91 Å². The molecule has 2 amide bonds. The number of benzene rings is 3. The number of amides is 2. The first-order valence-electron chi connectivity index (χ1n) is 9.38. The lowest BCUT2D eigenvalue weighted by Crippen LogP contribution is -2.38. The van der Waals surface area contributed by atoms with Gasteiger partial charge in [-0.25, -0.2) is 0 Å². The van der Waals surface area contributed by atoms with Crippen LogP contribution >= 0.6 is 0 Å². The fourth-order valence-corrected chi connectivity index (χ4v) is 2.70. The van der Waals surface area contributed by atoms with Crippen molar-refractivity contribution < 1.29 is 19.1 Å². The van der Waals surface area contributed by atoms with Gasteiger partial charge >= 0.3 is 0 Å². The van der Waals surface area contributed by atoms with Crippen molar-refractivity contribution in [3.05, 3.63) is 96.1 Å². The van der Waals surface area contributed by atoms with Crippen LogP contribution in [-0.4, -0.2) is 37.5 Å². The molecule has 0 fully saturated rings. The van der Waals surface area contributed by atoms with Crippen LogP contribution in [0.2, 0.25) is 0 Å². The molecule has 6 heteroatoms. The molecular weight excluding hydrogens is 380 g/mol. The zero-order valence-corrected chi connectivity index (χ0v) is 17.2.